The van der Waals surface area contributed by atoms with E-state index in [1.165, 1.54) is 5.56 Å². The first-order valence-corrected chi connectivity index (χ1v) is 10.2. The van der Waals surface area contributed by atoms with Crippen LogP contribution in [0.25, 0.3) is 27.1 Å². The highest BCUT2D eigenvalue weighted by molar-refractivity contribution is 7.15. The number of nitrogens with zero attached hydrogens (tertiary/aromatic N) is 4. The molecular formula is C23H19N5S. The number of rotatable bonds is 4. The van der Waals surface area contributed by atoms with Crippen LogP contribution in [0.5, 0.6) is 0 Å². The minimum atomic E-state index is 0.756. The first-order chi connectivity index (χ1) is 14.2. The molecule has 0 amide bonds. The molecule has 0 fully saturated rings. The zero-order valence-electron chi connectivity index (χ0n) is 16.1. The smallest absolute Gasteiger partial charge is 0.194 e. The maximum absolute atomic E-state index is 4.78. The molecule has 142 valence electrons. The molecule has 0 unspecified atom stereocenters. The van der Waals surface area contributed by atoms with Crippen molar-refractivity contribution in [2.24, 2.45) is 5.10 Å². The molecule has 5 nitrogen and oxygen atoms in total. The summed E-state index contributed by atoms with van der Waals surface area (Å²) in [5.41, 5.74) is 9.25. The molecule has 5 aromatic rings. The summed E-state index contributed by atoms with van der Waals surface area (Å²) in [6.45, 7) is 4.11. The number of pyridine rings is 1. The third-order valence-electron chi connectivity index (χ3n) is 4.87. The second kappa shape index (κ2) is 7.14. The van der Waals surface area contributed by atoms with Crippen LogP contribution in [0, 0.1) is 13.8 Å². The number of fused-ring (bicyclic) bond motifs is 2. The SMILES string of the molecule is Cc1ccc2cc(C)c(N/N=C/c3c(-c4ccccc4)nc4sccn34)nc2c1. The maximum atomic E-state index is 4.78. The number of nitrogens with one attached hydrogen (secondary N) is 1. The number of aryl methyl sites for hydroxylation is 2. The van der Waals surface area contributed by atoms with Gasteiger partial charge in [-0.25, -0.2) is 9.97 Å². The summed E-state index contributed by atoms with van der Waals surface area (Å²) in [5, 5.41) is 7.65. The molecule has 1 N–H and O–H groups in total. The van der Waals surface area contributed by atoms with Gasteiger partial charge >= 0.3 is 0 Å². The second-order valence-electron chi connectivity index (χ2n) is 6.99. The molecule has 0 spiro atoms. The Morgan fingerprint density at radius 1 is 1.03 bits per heavy atom. The van der Waals surface area contributed by atoms with Gasteiger partial charge in [0.05, 0.1) is 23.1 Å². The van der Waals surface area contributed by atoms with E-state index in [1.807, 2.05) is 42.9 Å². The van der Waals surface area contributed by atoms with Crippen LogP contribution >= 0.6 is 11.3 Å². The van der Waals surface area contributed by atoms with Crippen LogP contribution in [0.4, 0.5) is 5.82 Å². The van der Waals surface area contributed by atoms with Crippen molar-refractivity contribution in [1.29, 1.82) is 0 Å². The number of hydrogen-bond donors (Lipinski definition) is 1. The van der Waals surface area contributed by atoms with Gasteiger partial charge in [0, 0.05) is 22.5 Å². The Morgan fingerprint density at radius 3 is 2.76 bits per heavy atom. The number of anilines is 1. The topological polar surface area (TPSA) is 54.6 Å². The van der Waals surface area contributed by atoms with E-state index < -0.39 is 0 Å². The summed E-state index contributed by atoms with van der Waals surface area (Å²) in [6, 6.07) is 18.6. The van der Waals surface area contributed by atoms with Crippen LogP contribution < -0.4 is 5.43 Å². The van der Waals surface area contributed by atoms with Crippen molar-refractivity contribution in [2.75, 3.05) is 5.43 Å². The van der Waals surface area contributed by atoms with Gasteiger partial charge in [0.25, 0.3) is 0 Å². The van der Waals surface area contributed by atoms with Gasteiger partial charge in [0.1, 0.15) is 5.82 Å². The summed E-state index contributed by atoms with van der Waals surface area (Å²) in [4.78, 5) is 10.5. The van der Waals surface area contributed by atoms with Gasteiger partial charge < -0.3 is 0 Å². The predicted molar refractivity (Wildman–Crippen MR) is 121 cm³/mol. The zero-order chi connectivity index (χ0) is 19.8. The molecule has 0 atom stereocenters. The molecule has 2 aromatic carbocycles. The highest BCUT2D eigenvalue weighted by atomic mass is 32.1. The highest BCUT2D eigenvalue weighted by Crippen LogP contribution is 2.26. The number of hydrazone groups is 1. The van der Waals surface area contributed by atoms with Crippen molar-refractivity contribution in [2.45, 2.75) is 13.8 Å². The lowest BCUT2D eigenvalue weighted by atomic mass is 10.1. The Kier molecular flexibility index (Phi) is 4.33. The molecule has 0 aliphatic heterocycles. The molecule has 0 saturated heterocycles. The summed E-state index contributed by atoms with van der Waals surface area (Å²) in [7, 11) is 0. The molecule has 29 heavy (non-hydrogen) atoms. The molecule has 6 heteroatoms. The van der Waals surface area contributed by atoms with Gasteiger partial charge in [-0.3, -0.25) is 9.83 Å². The molecule has 0 aliphatic carbocycles. The Morgan fingerprint density at radius 2 is 1.90 bits per heavy atom. The number of imidazole rings is 1. The van der Waals surface area contributed by atoms with Crippen molar-refractivity contribution >= 4 is 39.2 Å². The third-order valence-corrected chi connectivity index (χ3v) is 5.62. The summed E-state index contributed by atoms with van der Waals surface area (Å²) in [6.07, 6.45) is 3.83. The van der Waals surface area contributed by atoms with E-state index >= 15 is 0 Å². The lowest BCUT2D eigenvalue weighted by Crippen LogP contribution is -1.99. The largest absolute Gasteiger partial charge is 0.289 e. The van der Waals surface area contributed by atoms with Gasteiger partial charge in [-0.15, -0.1) is 11.3 Å². The van der Waals surface area contributed by atoms with Crippen molar-refractivity contribution in [3.8, 4) is 11.3 Å². The monoisotopic (exact) mass is 397 g/mol. The van der Waals surface area contributed by atoms with Crippen LogP contribution in [0.15, 0.2) is 71.3 Å². The fourth-order valence-electron chi connectivity index (χ4n) is 3.39. The van der Waals surface area contributed by atoms with E-state index in [-0.39, 0.29) is 0 Å². The summed E-state index contributed by atoms with van der Waals surface area (Å²) < 4.78 is 2.06. The fourth-order valence-corrected chi connectivity index (χ4v) is 4.11. The number of aromatic nitrogens is 3. The third kappa shape index (κ3) is 3.28. The van der Waals surface area contributed by atoms with Gasteiger partial charge in [-0.2, -0.15) is 5.10 Å². The molecule has 0 aliphatic rings. The lowest BCUT2D eigenvalue weighted by molar-refractivity contribution is 1.19. The second-order valence-corrected chi connectivity index (χ2v) is 7.86. The van der Waals surface area contributed by atoms with Crippen molar-refractivity contribution in [3.05, 3.63) is 83.0 Å². The molecule has 3 heterocycles. The average Bonchev–Trinajstić information content (AvgIpc) is 3.31. The Bertz CT molecular complexity index is 1350. The number of thiazole rings is 1. The Hall–Kier alpha value is -3.51. The quantitative estimate of drug-likeness (QED) is 0.314. The van der Waals surface area contributed by atoms with Crippen molar-refractivity contribution in [1.82, 2.24) is 14.4 Å². The van der Waals surface area contributed by atoms with Crippen molar-refractivity contribution < 1.29 is 0 Å². The fraction of sp³-hybridized carbons (Fsp3) is 0.0870. The van der Waals surface area contributed by atoms with E-state index in [1.54, 1.807) is 11.3 Å². The number of hydrogen-bond acceptors (Lipinski definition) is 5. The van der Waals surface area contributed by atoms with Crippen LogP contribution in [-0.2, 0) is 0 Å². The molecule has 3 aromatic heterocycles. The molecule has 0 saturated carbocycles. The minimum Gasteiger partial charge on any atom is -0.289 e. The summed E-state index contributed by atoms with van der Waals surface area (Å²) in [5.74, 6) is 0.756. The summed E-state index contributed by atoms with van der Waals surface area (Å²) >= 11 is 1.61. The minimum absolute atomic E-state index is 0.756. The predicted octanol–water partition coefficient (Wildman–Crippen LogP) is 5.67. The van der Waals surface area contributed by atoms with E-state index in [0.717, 1.165) is 44.2 Å². The first-order valence-electron chi connectivity index (χ1n) is 9.37. The van der Waals surface area contributed by atoms with E-state index in [2.05, 4.69) is 58.2 Å². The van der Waals surface area contributed by atoms with Gasteiger partial charge in [-0.05, 0) is 37.1 Å². The van der Waals surface area contributed by atoms with Crippen LogP contribution in [-0.4, -0.2) is 20.6 Å². The molecular weight excluding hydrogens is 378 g/mol. The van der Waals surface area contributed by atoms with Gasteiger partial charge in [0.2, 0.25) is 0 Å². The molecule has 5 rings (SSSR count). The van der Waals surface area contributed by atoms with Crippen LogP contribution in [0.1, 0.15) is 16.8 Å². The number of benzene rings is 2. The normalized spacial score (nSPS) is 11.7. The Labute approximate surface area is 172 Å². The zero-order valence-corrected chi connectivity index (χ0v) is 16.9. The highest BCUT2D eigenvalue weighted by Gasteiger charge is 2.13. The Balaban J connectivity index is 1.51. The molecule has 0 radical (unpaired) electrons. The average molecular weight is 398 g/mol. The van der Waals surface area contributed by atoms with Crippen LogP contribution in [0.2, 0.25) is 0 Å². The van der Waals surface area contributed by atoms with Crippen molar-refractivity contribution in [3.63, 3.8) is 0 Å². The van der Waals surface area contributed by atoms with E-state index in [9.17, 15) is 0 Å². The maximum Gasteiger partial charge on any atom is 0.194 e. The lowest BCUT2D eigenvalue weighted by Gasteiger charge is -2.07. The van der Waals surface area contributed by atoms with E-state index in [0.29, 0.717) is 0 Å². The first kappa shape index (κ1) is 17.6. The van der Waals surface area contributed by atoms with Crippen LogP contribution in [0.3, 0.4) is 0 Å². The van der Waals surface area contributed by atoms with E-state index in [4.69, 9.17) is 9.97 Å². The van der Waals surface area contributed by atoms with Gasteiger partial charge in [0.15, 0.2) is 4.96 Å². The standard InChI is InChI=1S/C23H19N5S/c1-15-8-9-18-13-16(2)22(25-19(18)12-15)27-24-14-20-21(17-6-4-3-5-7-17)26-23-28(20)10-11-29-23/h3-14H,1-2H3,(H,25,27)/b24-14+. The molecule has 0 bridgehead atoms. The van der Waals surface area contributed by atoms with Gasteiger partial charge in [-0.1, -0.05) is 42.5 Å².